The van der Waals surface area contributed by atoms with Crippen LogP contribution < -0.4 is 15.4 Å². The van der Waals surface area contributed by atoms with Crippen molar-refractivity contribution in [3.63, 3.8) is 0 Å². The van der Waals surface area contributed by atoms with E-state index in [1.54, 1.807) is 24.3 Å². The Morgan fingerprint density at radius 3 is 2.60 bits per heavy atom. The van der Waals surface area contributed by atoms with E-state index < -0.39 is 0 Å². The number of aryl methyl sites for hydroxylation is 2. The summed E-state index contributed by atoms with van der Waals surface area (Å²) in [7, 11) is 0. The average molecular weight is 338 g/mol. The zero-order valence-corrected chi connectivity index (χ0v) is 14.5. The monoisotopic (exact) mass is 338 g/mol. The second-order valence-corrected chi connectivity index (χ2v) is 6.41. The molecule has 0 aliphatic heterocycles. The SMILES string of the molecule is Cc1ccc(OCC(=O)Nc2cccc(C(=O)NC3CC3)c2)cc1C. The lowest BCUT2D eigenvalue weighted by Crippen LogP contribution is -2.25. The number of anilines is 1. The van der Waals surface area contributed by atoms with Crippen LogP contribution in [0.1, 0.15) is 34.3 Å². The zero-order valence-electron chi connectivity index (χ0n) is 14.5. The second kappa shape index (κ2) is 7.38. The first kappa shape index (κ1) is 17.0. The van der Waals surface area contributed by atoms with Gasteiger partial charge in [0.25, 0.3) is 11.8 Å². The van der Waals surface area contributed by atoms with Gasteiger partial charge in [-0.15, -0.1) is 0 Å². The third-order valence-electron chi connectivity index (χ3n) is 4.17. The largest absolute Gasteiger partial charge is 0.484 e. The Labute approximate surface area is 147 Å². The highest BCUT2D eigenvalue weighted by Gasteiger charge is 2.23. The van der Waals surface area contributed by atoms with Gasteiger partial charge in [-0.1, -0.05) is 12.1 Å². The highest BCUT2D eigenvalue weighted by molar-refractivity contribution is 5.97. The summed E-state index contributed by atoms with van der Waals surface area (Å²) >= 11 is 0. The summed E-state index contributed by atoms with van der Waals surface area (Å²) in [6.45, 7) is 3.94. The Bertz CT molecular complexity index is 797. The fourth-order valence-corrected chi connectivity index (χ4v) is 2.38. The van der Waals surface area contributed by atoms with E-state index >= 15 is 0 Å². The van der Waals surface area contributed by atoms with Gasteiger partial charge in [0.15, 0.2) is 6.61 Å². The van der Waals surface area contributed by atoms with Crippen molar-refractivity contribution in [2.24, 2.45) is 0 Å². The van der Waals surface area contributed by atoms with E-state index in [1.165, 1.54) is 5.56 Å². The molecule has 0 bridgehead atoms. The van der Waals surface area contributed by atoms with Crippen LogP contribution in [0.4, 0.5) is 5.69 Å². The van der Waals surface area contributed by atoms with Gasteiger partial charge >= 0.3 is 0 Å². The topological polar surface area (TPSA) is 67.4 Å². The normalized spacial score (nSPS) is 13.2. The Morgan fingerprint density at radius 2 is 1.88 bits per heavy atom. The van der Waals surface area contributed by atoms with E-state index in [0.717, 1.165) is 18.4 Å². The first-order chi connectivity index (χ1) is 12.0. The lowest BCUT2D eigenvalue weighted by Gasteiger charge is -2.10. The number of hydrogen-bond donors (Lipinski definition) is 2. The van der Waals surface area contributed by atoms with Crippen LogP contribution in [-0.4, -0.2) is 24.5 Å². The van der Waals surface area contributed by atoms with Crippen molar-refractivity contribution < 1.29 is 14.3 Å². The predicted molar refractivity (Wildman–Crippen MR) is 97.0 cm³/mol. The number of benzene rings is 2. The van der Waals surface area contributed by atoms with Crippen LogP contribution in [0.5, 0.6) is 5.75 Å². The quantitative estimate of drug-likeness (QED) is 0.850. The molecule has 0 aromatic heterocycles. The maximum atomic E-state index is 12.1. The van der Waals surface area contributed by atoms with Gasteiger partial charge in [-0.05, 0) is 68.1 Å². The van der Waals surface area contributed by atoms with E-state index in [0.29, 0.717) is 23.0 Å². The number of carbonyl (C=O) groups is 2. The van der Waals surface area contributed by atoms with Crippen molar-refractivity contribution in [3.8, 4) is 5.75 Å². The van der Waals surface area contributed by atoms with Crippen molar-refractivity contribution in [1.29, 1.82) is 0 Å². The molecule has 1 aliphatic rings. The minimum atomic E-state index is -0.266. The summed E-state index contributed by atoms with van der Waals surface area (Å²) in [5.74, 6) is 0.291. The number of ether oxygens (including phenoxy) is 1. The number of nitrogens with one attached hydrogen (secondary N) is 2. The Kier molecular flexibility index (Phi) is 5.03. The first-order valence-electron chi connectivity index (χ1n) is 8.42. The Hall–Kier alpha value is -2.82. The standard InChI is InChI=1S/C20H22N2O3/c1-13-6-9-18(10-14(13)2)25-12-19(23)21-17-5-3-4-15(11-17)20(24)22-16-7-8-16/h3-6,9-11,16H,7-8,12H2,1-2H3,(H,21,23)(H,22,24). The molecule has 5 heteroatoms. The molecule has 3 rings (SSSR count). The summed E-state index contributed by atoms with van der Waals surface area (Å²) in [4.78, 5) is 24.1. The lowest BCUT2D eigenvalue weighted by atomic mass is 10.1. The molecule has 1 saturated carbocycles. The van der Waals surface area contributed by atoms with Gasteiger partial charge in [-0.25, -0.2) is 0 Å². The smallest absolute Gasteiger partial charge is 0.262 e. The summed E-state index contributed by atoms with van der Waals surface area (Å²) in [6.07, 6.45) is 2.08. The van der Waals surface area contributed by atoms with Gasteiger partial charge in [-0.2, -0.15) is 0 Å². The number of amides is 2. The lowest BCUT2D eigenvalue weighted by molar-refractivity contribution is -0.118. The fraction of sp³-hybridized carbons (Fsp3) is 0.300. The van der Waals surface area contributed by atoms with E-state index in [-0.39, 0.29) is 18.4 Å². The average Bonchev–Trinajstić information content (AvgIpc) is 3.40. The Morgan fingerprint density at radius 1 is 1.08 bits per heavy atom. The van der Waals surface area contributed by atoms with E-state index in [2.05, 4.69) is 10.6 Å². The third kappa shape index (κ3) is 4.83. The van der Waals surface area contributed by atoms with Crippen LogP contribution >= 0.6 is 0 Å². The van der Waals surface area contributed by atoms with E-state index in [9.17, 15) is 9.59 Å². The van der Waals surface area contributed by atoms with Crippen LogP contribution in [0.15, 0.2) is 42.5 Å². The molecule has 0 radical (unpaired) electrons. The Balaban J connectivity index is 1.55. The van der Waals surface area contributed by atoms with Crippen molar-refractivity contribution in [1.82, 2.24) is 5.32 Å². The molecule has 2 N–H and O–H groups in total. The highest BCUT2D eigenvalue weighted by atomic mass is 16.5. The molecule has 0 unspecified atom stereocenters. The molecule has 2 aromatic carbocycles. The van der Waals surface area contributed by atoms with Gasteiger partial charge in [0.05, 0.1) is 0 Å². The second-order valence-electron chi connectivity index (χ2n) is 6.41. The number of carbonyl (C=O) groups excluding carboxylic acids is 2. The third-order valence-corrected chi connectivity index (χ3v) is 4.17. The van der Waals surface area contributed by atoms with Crippen LogP contribution in [0.25, 0.3) is 0 Å². The van der Waals surface area contributed by atoms with E-state index in [1.807, 2.05) is 32.0 Å². The molecule has 1 fully saturated rings. The van der Waals surface area contributed by atoms with Gasteiger partial charge in [0.1, 0.15) is 5.75 Å². The van der Waals surface area contributed by atoms with Crippen molar-refractivity contribution in [2.45, 2.75) is 32.7 Å². The summed E-state index contributed by atoms with van der Waals surface area (Å²) in [5.41, 5.74) is 3.42. The molecule has 2 aromatic rings. The molecule has 130 valence electrons. The number of rotatable bonds is 6. The van der Waals surface area contributed by atoms with Crippen LogP contribution in [0.3, 0.4) is 0 Å². The molecule has 2 amide bonds. The van der Waals surface area contributed by atoms with Gasteiger partial charge < -0.3 is 15.4 Å². The molecule has 1 aliphatic carbocycles. The predicted octanol–water partition coefficient (Wildman–Crippen LogP) is 3.21. The molecule has 5 nitrogen and oxygen atoms in total. The van der Waals surface area contributed by atoms with Gasteiger partial charge in [-0.3, -0.25) is 9.59 Å². The fourth-order valence-electron chi connectivity index (χ4n) is 2.38. The van der Waals surface area contributed by atoms with E-state index in [4.69, 9.17) is 4.74 Å². The van der Waals surface area contributed by atoms with Crippen molar-refractivity contribution in [3.05, 3.63) is 59.2 Å². The number of hydrogen-bond acceptors (Lipinski definition) is 3. The maximum Gasteiger partial charge on any atom is 0.262 e. The summed E-state index contributed by atoms with van der Waals surface area (Å²) in [5, 5.41) is 5.69. The maximum absolute atomic E-state index is 12.1. The highest BCUT2D eigenvalue weighted by Crippen LogP contribution is 2.20. The molecule has 0 heterocycles. The molecule has 0 spiro atoms. The first-order valence-corrected chi connectivity index (χ1v) is 8.42. The van der Waals surface area contributed by atoms with Crippen molar-refractivity contribution in [2.75, 3.05) is 11.9 Å². The van der Waals surface area contributed by atoms with Crippen LogP contribution in [-0.2, 0) is 4.79 Å². The summed E-state index contributed by atoms with van der Waals surface area (Å²) in [6, 6.07) is 12.9. The van der Waals surface area contributed by atoms with Gasteiger partial charge in [0, 0.05) is 17.3 Å². The molecular weight excluding hydrogens is 316 g/mol. The zero-order chi connectivity index (χ0) is 17.8. The van der Waals surface area contributed by atoms with Gasteiger partial charge in [0.2, 0.25) is 0 Å². The van der Waals surface area contributed by atoms with Crippen molar-refractivity contribution >= 4 is 17.5 Å². The minimum absolute atomic E-state index is 0.0823. The summed E-state index contributed by atoms with van der Waals surface area (Å²) < 4.78 is 5.52. The molecule has 0 saturated heterocycles. The van der Waals surface area contributed by atoms with Crippen LogP contribution in [0.2, 0.25) is 0 Å². The minimum Gasteiger partial charge on any atom is -0.484 e. The van der Waals surface area contributed by atoms with Crippen LogP contribution in [0, 0.1) is 13.8 Å². The molecule has 0 atom stereocenters. The molecular formula is C20H22N2O3. The molecule has 25 heavy (non-hydrogen) atoms.